The first-order valence-electron chi connectivity index (χ1n) is 5.88. The molecule has 0 radical (unpaired) electrons. The number of rotatable bonds is 3. The lowest BCUT2D eigenvalue weighted by atomic mass is 9.96. The second-order valence-electron chi connectivity index (χ2n) is 5.21. The Morgan fingerprint density at radius 3 is 2.63 bits per heavy atom. The third-order valence-corrected chi connectivity index (χ3v) is 4.08. The van der Waals surface area contributed by atoms with Gasteiger partial charge in [0.25, 0.3) is 0 Å². The smallest absolute Gasteiger partial charge is 0.137 e. The van der Waals surface area contributed by atoms with Crippen molar-refractivity contribution < 1.29 is 0 Å². The third-order valence-electron chi connectivity index (χ3n) is 2.44. The van der Waals surface area contributed by atoms with Crippen molar-refractivity contribution in [2.45, 2.75) is 32.7 Å². The Morgan fingerprint density at radius 2 is 2.05 bits per heavy atom. The molecule has 2 rings (SSSR count). The molecule has 0 unspecified atom stereocenters. The Morgan fingerprint density at radius 1 is 1.32 bits per heavy atom. The second-order valence-corrected chi connectivity index (χ2v) is 7.82. The monoisotopic (exact) mass is 359 g/mol. The van der Waals surface area contributed by atoms with Gasteiger partial charge in [0.05, 0.1) is 10.9 Å². The predicted octanol–water partition coefficient (Wildman–Crippen LogP) is 4.86. The Bertz CT molecular complexity index is 578. The van der Waals surface area contributed by atoms with Gasteiger partial charge in [-0.05, 0) is 28.1 Å². The van der Waals surface area contributed by atoms with E-state index in [4.69, 9.17) is 11.6 Å². The average molecular weight is 361 g/mol. The van der Waals surface area contributed by atoms with Crippen LogP contribution in [0.25, 0.3) is 0 Å². The number of nitrogens with zero attached hydrogens (tertiary/aromatic N) is 2. The number of anilines is 1. The second kappa shape index (κ2) is 5.77. The summed E-state index contributed by atoms with van der Waals surface area (Å²) < 4.78 is 1.59. The van der Waals surface area contributed by atoms with Crippen LogP contribution in [-0.2, 0) is 12.0 Å². The van der Waals surface area contributed by atoms with E-state index in [0.29, 0.717) is 6.54 Å². The van der Waals surface area contributed by atoms with Crippen LogP contribution >= 0.6 is 38.9 Å². The standard InChI is InChI=1S/C13H15BrClN3S/c1-13(2,3)12-17-9(14)6-11(18-12)16-7-8-4-5-10(15)19-8/h4-6H,7H2,1-3H3,(H,16,17,18). The molecule has 6 heteroatoms. The molecule has 2 heterocycles. The van der Waals surface area contributed by atoms with E-state index in [-0.39, 0.29) is 5.41 Å². The fourth-order valence-electron chi connectivity index (χ4n) is 1.47. The zero-order valence-corrected chi connectivity index (χ0v) is 14.2. The molecule has 0 aliphatic rings. The normalized spacial score (nSPS) is 11.6. The van der Waals surface area contributed by atoms with Gasteiger partial charge < -0.3 is 5.32 Å². The van der Waals surface area contributed by atoms with E-state index in [2.05, 4.69) is 52.0 Å². The lowest BCUT2D eigenvalue weighted by Gasteiger charge is -2.17. The van der Waals surface area contributed by atoms with E-state index in [1.165, 1.54) is 4.88 Å². The molecule has 0 saturated heterocycles. The van der Waals surface area contributed by atoms with Crippen molar-refractivity contribution in [1.82, 2.24) is 9.97 Å². The van der Waals surface area contributed by atoms with Crippen LogP contribution in [0.4, 0.5) is 5.82 Å². The van der Waals surface area contributed by atoms with E-state index in [1.54, 1.807) is 11.3 Å². The lowest BCUT2D eigenvalue weighted by molar-refractivity contribution is 0.544. The zero-order valence-electron chi connectivity index (χ0n) is 11.0. The van der Waals surface area contributed by atoms with Crippen molar-refractivity contribution in [3.8, 4) is 0 Å². The lowest BCUT2D eigenvalue weighted by Crippen LogP contribution is -2.17. The largest absolute Gasteiger partial charge is 0.365 e. The molecule has 2 aromatic heterocycles. The maximum atomic E-state index is 5.91. The Kier molecular flexibility index (Phi) is 4.48. The van der Waals surface area contributed by atoms with Crippen LogP contribution in [0.2, 0.25) is 4.34 Å². The van der Waals surface area contributed by atoms with Gasteiger partial charge in [0.15, 0.2) is 0 Å². The number of thiophene rings is 1. The van der Waals surface area contributed by atoms with E-state index in [9.17, 15) is 0 Å². The summed E-state index contributed by atoms with van der Waals surface area (Å²) in [7, 11) is 0. The van der Waals surface area contributed by atoms with Gasteiger partial charge in [-0.25, -0.2) is 9.97 Å². The highest BCUT2D eigenvalue weighted by atomic mass is 79.9. The molecule has 0 saturated carbocycles. The van der Waals surface area contributed by atoms with Gasteiger partial charge in [-0.3, -0.25) is 0 Å². The summed E-state index contributed by atoms with van der Waals surface area (Å²) in [6, 6.07) is 5.80. The molecule has 19 heavy (non-hydrogen) atoms. The van der Waals surface area contributed by atoms with Crippen LogP contribution in [-0.4, -0.2) is 9.97 Å². The van der Waals surface area contributed by atoms with Gasteiger partial charge in [0.2, 0.25) is 0 Å². The predicted molar refractivity (Wildman–Crippen MR) is 85.1 cm³/mol. The molecule has 0 amide bonds. The van der Waals surface area contributed by atoms with E-state index >= 15 is 0 Å². The Balaban J connectivity index is 2.14. The molecule has 0 atom stereocenters. The van der Waals surface area contributed by atoms with Crippen molar-refractivity contribution in [3.05, 3.63) is 37.8 Å². The minimum absolute atomic E-state index is 0.0769. The van der Waals surface area contributed by atoms with Gasteiger partial charge in [-0.1, -0.05) is 32.4 Å². The number of aromatic nitrogens is 2. The molecule has 0 aliphatic carbocycles. The molecule has 0 spiro atoms. The summed E-state index contributed by atoms with van der Waals surface area (Å²) >= 11 is 10.9. The summed E-state index contributed by atoms with van der Waals surface area (Å²) in [4.78, 5) is 10.1. The van der Waals surface area contributed by atoms with Gasteiger partial charge in [-0.15, -0.1) is 11.3 Å². The van der Waals surface area contributed by atoms with Crippen LogP contribution < -0.4 is 5.32 Å². The van der Waals surface area contributed by atoms with E-state index < -0.39 is 0 Å². The Hall–Kier alpha value is -0.650. The van der Waals surface area contributed by atoms with Crippen LogP contribution in [0.15, 0.2) is 22.8 Å². The maximum Gasteiger partial charge on any atom is 0.137 e. The van der Waals surface area contributed by atoms with Crippen LogP contribution in [0.5, 0.6) is 0 Å². The maximum absolute atomic E-state index is 5.91. The summed E-state index contributed by atoms with van der Waals surface area (Å²) in [5.74, 6) is 1.63. The highest BCUT2D eigenvalue weighted by Gasteiger charge is 2.18. The summed E-state index contributed by atoms with van der Waals surface area (Å²) in [5.41, 5.74) is -0.0769. The minimum atomic E-state index is -0.0769. The summed E-state index contributed by atoms with van der Waals surface area (Å²) in [6.45, 7) is 7.00. The highest BCUT2D eigenvalue weighted by Crippen LogP contribution is 2.24. The molecule has 0 bridgehead atoms. The van der Waals surface area contributed by atoms with Gasteiger partial charge in [0.1, 0.15) is 16.2 Å². The van der Waals surface area contributed by atoms with Crippen LogP contribution in [0.3, 0.4) is 0 Å². The number of nitrogens with one attached hydrogen (secondary N) is 1. The van der Waals surface area contributed by atoms with Gasteiger partial charge in [-0.2, -0.15) is 0 Å². The molecule has 102 valence electrons. The molecule has 0 aromatic carbocycles. The van der Waals surface area contributed by atoms with Crippen molar-refractivity contribution >= 4 is 44.7 Å². The van der Waals surface area contributed by atoms with Crippen molar-refractivity contribution in [2.75, 3.05) is 5.32 Å². The summed E-state index contributed by atoms with van der Waals surface area (Å²) in [6.07, 6.45) is 0. The first kappa shape index (κ1) is 14.8. The van der Waals surface area contributed by atoms with Gasteiger partial charge in [0, 0.05) is 16.4 Å². The first-order valence-corrected chi connectivity index (χ1v) is 7.86. The number of hydrogen-bond donors (Lipinski definition) is 1. The number of halogens is 2. The first-order chi connectivity index (χ1) is 8.84. The van der Waals surface area contributed by atoms with E-state index in [1.807, 2.05) is 18.2 Å². The van der Waals surface area contributed by atoms with Gasteiger partial charge >= 0.3 is 0 Å². The molecule has 2 aromatic rings. The molecule has 3 nitrogen and oxygen atoms in total. The average Bonchev–Trinajstić information content (AvgIpc) is 2.71. The fraction of sp³-hybridized carbons (Fsp3) is 0.385. The Labute approximate surface area is 130 Å². The highest BCUT2D eigenvalue weighted by molar-refractivity contribution is 9.10. The topological polar surface area (TPSA) is 37.8 Å². The fourth-order valence-corrected chi connectivity index (χ4v) is 2.88. The van der Waals surface area contributed by atoms with Crippen molar-refractivity contribution in [2.24, 2.45) is 0 Å². The quantitative estimate of drug-likeness (QED) is 0.794. The SMILES string of the molecule is CC(C)(C)c1nc(Br)cc(NCc2ccc(Cl)s2)n1. The van der Waals surface area contributed by atoms with Crippen molar-refractivity contribution in [3.63, 3.8) is 0 Å². The molecular weight excluding hydrogens is 346 g/mol. The van der Waals surface area contributed by atoms with Crippen LogP contribution in [0, 0.1) is 0 Å². The number of hydrogen-bond acceptors (Lipinski definition) is 4. The molecular formula is C13H15BrClN3S. The van der Waals surface area contributed by atoms with Crippen molar-refractivity contribution in [1.29, 1.82) is 0 Å². The molecule has 0 fully saturated rings. The molecule has 0 aliphatic heterocycles. The van der Waals surface area contributed by atoms with Crippen LogP contribution in [0.1, 0.15) is 31.5 Å². The third kappa shape index (κ3) is 4.16. The molecule has 1 N–H and O–H groups in total. The zero-order chi connectivity index (χ0) is 14.0. The van der Waals surface area contributed by atoms with E-state index in [0.717, 1.165) is 20.6 Å². The summed E-state index contributed by atoms with van der Waals surface area (Å²) in [5, 5.41) is 3.30. The minimum Gasteiger partial charge on any atom is -0.365 e.